The largest absolute Gasteiger partial charge is 0.482 e. The van der Waals surface area contributed by atoms with Crippen LogP contribution in [-0.2, 0) is 4.74 Å². The molecule has 5 rings (SSSR count). The van der Waals surface area contributed by atoms with Crippen molar-refractivity contribution in [2.75, 3.05) is 46.4 Å². The van der Waals surface area contributed by atoms with Crippen molar-refractivity contribution in [2.24, 2.45) is 0 Å². The number of rotatable bonds is 6. The van der Waals surface area contributed by atoms with E-state index in [0.717, 1.165) is 64.3 Å². The maximum Gasteiger partial charge on any atom is 0.154 e. The molecule has 2 aromatic carbocycles. The Labute approximate surface area is 209 Å². The van der Waals surface area contributed by atoms with Gasteiger partial charge in [0, 0.05) is 57.9 Å². The molecule has 5 nitrogen and oxygen atoms in total. The second kappa shape index (κ2) is 11.4. The van der Waals surface area contributed by atoms with E-state index in [9.17, 15) is 5.11 Å². The van der Waals surface area contributed by atoms with E-state index in [-0.39, 0.29) is 30.9 Å². The Hall–Kier alpha value is -1.34. The number of nitrogens with zero attached hydrogens (tertiary/aromatic N) is 2. The summed E-state index contributed by atoms with van der Waals surface area (Å²) >= 11 is 0. The van der Waals surface area contributed by atoms with Crippen LogP contribution in [0.3, 0.4) is 0 Å². The topological polar surface area (TPSA) is 45.2 Å². The van der Waals surface area contributed by atoms with E-state index in [0.29, 0.717) is 5.92 Å². The number of para-hydroxylation sites is 1. The minimum atomic E-state index is -0.497. The molecule has 2 heterocycles. The quantitative estimate of drug-likeness (QED) is 0.648. The average molecular weight is 495 g/mol. The average Bonchev–Trinajstić information content (AvgIpc) is 3.14. The van der Waals surface area contributed by atoms with Gasteiger partial charge in [0.2, 0.25) is 0 Å². The number of fused-ring (bicyclic) bond motifs is 3. The van der Waals surface area contributed by atoms with Crippen molar-refractivity contribution in [3.63, 3.8) is 0 Å². The predicted molar refractivity (Wildman–Crippen MR) is 136 cm³/mol. The Kier molecular flexibility index (Phi) is 9.07. The zero-order valence-corrected chi connectivity index (χ0v) is 20.9. The maximum absolute atomic E-state index is 11.1. The standard InChI is InChI=1S/C26H34N2O3.2ClH/c1-30-24(20-8-3-2-4-9-20)18-27-14-16-28(17-15-27)19-26-22(11-7-13-25(26)29)21-10-5-6-12-23(21)31-26;;/h2-6,8-10,12,22,24-25,29H,7,11,13-19H2,1H3;2*1H. The molecule has 1 N–H and O–H groups in total. The molecule has 3 aliphatic rings. The lowest BCUT2D eigenvalue weighted by atomic mass is 9.71. The lowest BCUT2D eigenvalue weighted by molar-refractivity contribution is -0.0996. The van der Waals surface area contributed by atoms with Gasteiger partial charge in [-0.25, -0.2) is 0 Å². The fraction of sp³-hybridized carbons (Fsp3) is 0.538. The molecule has 4 atom stereocenters. The summed E-state index contributed by atoms with van der Waals surface area (Å²) in [5.74, 6) is 1.26. The van der Waals surface area contributed by atoms with Crippen LogP contribution in [0.1, 0.15) is 42.4 Å². The fourth-order valence-electron chi connectivity index (χ4n) is 5.81. The highest BCUT2D eigenvalue weighted by Crippen LogP contribution is 2.52. The number of halogens is 2. The Morgan fingerprint density at radius 1 is 0.970 bits per heavy atom. The molecule has 1 saturated carbocycles. The number of hydrogen-bond donors (Lipinski definition) is 1. The van der Waals surface area contributed by atoms with Gasteiger partial charge in [0.05, 0.1) is 12.2 Å². The molecule has 1 aliphatic carbocycles. The van der Waals surface area contributed by atoms with Crippen LogP contribution in [0.2, 0.25) is 0 Å². The molecular weight excluding hydrogens is 459 g/mol. The third-order valence-corrected chi connectivity index (χ3v) is 7.53. The number of piperazine rings is 1. The second-order valence-corrected chi connectivity index (χ2v) is 9.31. The number of aliphatic hydroxyl groups is 1. The molecule has 2 aliphatic heterocycles. The van der Waals surface area contributed by atoms with Crippen LogP contribution in [0, 0.1) is 0 Å². The van der Waals surface area contributed by atoms with E-state index in [1.807, 2.05) is 12.1 Å². The van der Waals surface area contributed by atoms with Crippen LogP contribution in [0.5, 0.6) is 5.75 Å². The van der Waals surface area contributed by atoms with Crippen molar-refractivity contribution < 1.29 is 14.6 Å². The van der Waals surface area contributed by atoms with E-state index >= 15 is 0 Å². The molecule has 0 aromatic heterocycles. The number of hydrogen-bond acceptors (Lipinski definition) is 5. The lowest BCUT2D eigenvalue weighted by Crippen LogP contribution is -2.61. The van der Waals surface area contributed by atoms with E-state index in [1.54, 1.807) is 7.11 Å². The van der Waals surface area contributed by atoms with Gasteiger partial charge in [-0.05, 0) is 30.9 Å². The summed E-state index contributed by atoms with van der Waals surface area (Å²) in [6, 6.07) is 18.9. The van der Waals surface area contributed by atoms with Crippen LogP contribution < -0.4 is 4.74 Å². The highest BCUT2D eigenvalue weighted by molar-refractivity contribution is 5.85. The lowest BCUT2D eigenvalue weighted by Gasteiger charge is -2.46. The number of benzene rings is 2. The van der Waals surface area contributed by atoms with E-state index in [1.165, 1.54) is 11.1 Å². The van der Waals surface area contributed by atoms with Gasteiger partial charge in [-0.15, -0.1) is 24.8 Å². The molecule has 182 valence electrons. The van der Waals surface area contributed by atoms with Crippen molar-refractivity contribution >= 4 is 24.8 Å². The summed E-state index contributed by atoms with van der Waals surface area (Å²) in [7, 11) is 1.80. The Morgan fingerprint density at radius 2 is 1.64 bits per heavy atom. The monoisotopic (exact) mass is 494 g/mol. The van der Waals surface area contributed by atoms with Crippen molar-refractivity contribution in [3.05, 3.63) is 65.7 Å². The van der Waals surface area contributed by atoms with Crippen molar-refractivity contribution in [2.45, 2.75) is 43.0 Å². The zero-order chi connectivity index (χ0) is 21.3. The fourth-order valence-corrected chi connectivity index (χ4v) is 5.81. The highest BCUT2D eigenvalue weighted by atomic mass is 35.5. The van der Waals surface area contributed by atoms with Gasteiger partial charge in [0.25, 0.3) is 0 Å². The number of methoxy groups -OCH3 is 1. The van der Waals surface area contributed by atoms with E-state index in [2.05, 4.69) is 52.3 Å². The molecule has 0 amide bonds. The number of ether oxygens (including phenoxy) is 2. The Bertz CT molecular complexity index is 879. The van der Waals surface area contributed by atoms with Gasteiger partial charge in [0.15, 0.2) is 5.60 Å². The molecule has 33 heavy (non-hydrogen) atoms. The minimum Gasteiger partial charge on any atom is -0.482 e. The van der Waals surface area contributed by atoms with Crippen molar-refractivity contribution in [3.8, 4) is 5.75 Å². The Balaban J connectivity index is 0.00000153. The van der Waals surface area contributed by atoms with Crippen molar-refractivity contribution in [1.29, 1.82) is 0 Å². The molecule has 0 spiro atoms. The SMILES string of the molecule is COC(CN1CCN(CC23Oc4ccccc4C2CCCC3O)CC1)c1ccccc1.Cl.Cl. The van der Waals surface area contributed by atoms with Crippen LogP contribution in [0.25, 0.3) is 0 Å². The van der Waals surface area contributed by atoms with E-state index in [4.69, 9.17) is 9.47 Å². The number of aliphatic hydroxyl groups excluding tert-OH is 1. The third kappa shape index (κ3) is 5.19. The summed E-state index contributed by atoms with van der Waals surface area (Å²) in [5.41, 5.74) is 2.02. The summed E-state index contributed by atoms with van der Waals surface area (Å²) in [6.45, 7) is 5.71. The highest BCUT2D eigenvalue weighted by Gasteiger charge is 2.55. The van der Waals surface area contributed by atoms with E-state index < -0.39 is 11.7 Å². The predicted octanol–water partition coefficient (Wildman–Crippen LogP) is 4.30. The summed E-state index contributed by atoms with van der Waals surface area (Å²) in [4.78, 5) is 4.99. The van der Waals surface area contributed by atoms with Crippen LogP contribution in [-0.4, -0.2) is 73.0 Å². The normalized spacial score (nSPS) is 27.9. The Morgan fingerprint density at radius 3 is 2.36 bits per heavy atom. The van der Waals surface area contributed by atoms with Crippen LogP contribution in [0.4, 0.5) is 0 Å². The first-order valence-electron chi connectivity index (χ1n) is 11.7. The van der Waals surface area contributed by atoms with Gasteiger partial charge in [-0.3, -0.25) is 9.80 Å². The first kappa shape index (κ1) is 26.3. The first-order valence-corrected chi connectivity index (χ1v) is 11.7. The molecule has 2 fully saturated rings. The molecule has 2 aromatic rings. The van der Waals surface area contributed by atoms with Gasteiger partial charge in [-0.2, -0.15) is 0 Å². The van der Waals surface area contributed by atoms with Gasteiger partial charge in [0.1, 0.15) is 5.75 Å². The summed E-state index contributed by atoms with van der Waals surface area (Å²) in [5, 5.41) is 11.1. The summed E-state index contributed by atoms with van der Waals surface area (Å²) in [6.07, 6.45) is 2.69. The molecule has 7 heteroatoms. The zero-order valence-electron chi connectivity index (χ0n) is 19.3. The molecule has 4 unspecified atom stereocenters. The van der Waals surface area contributed by atoms with Gasteiger partial charge < -0.3 is 14.6 Å². The third-order valence-electron chi connectivity index (χ3n) is 7.53. The van der Waals surface area contributed by atoms with Crippen LogP contribution >= 0.6 is 24.8 Å². The van der Waals surface area contributed by atoms with Gasteiger partial charge in [-0.1, -0.05) is 48.5 Å². The molecular formula is C26H36Cl2N2O3. The molecule has 0 bridgehead atoms. The van der Waals surface area contributed by atoms with Crippen molar-refractivity contribution in [1.82, 2.24) is 9.80 Å². The molecule has 1 saturated heterocycles. The first-order chi connectivity index (χ1) is 15.2. The van der Waals surface area contributed by atoms with Crippen LogP contribution in [0.15, 0.2) is 54.6 Å². The summed E-state index contributed by atoms with van der Waals surface area (Å²) < 4.78 is 12.3. The van der Waals surface area contributed by atoms with Gasteiger partial charge >= 0.3 is 0 Å². The second-order valence-electron chi connectivity index (χ2n) is 9.31. The smallest absolute Gasteiger partial charge is 0.154 e. The minimum absolute atomic E-state index is 0. The maximum atomic E-state index is 11.1. The molecule has 0 radical (unpaired) electrons.